The lowest BCUT2D eigenvalue weighted by molar-refractivity contribution is -0.148. The average Bonchev–Trinajstić information content (AvgIpc) is 2.84. The number of rotatable bonds is 4. The minimum atomic E-state index is -1.04. The Hall–Kier alpha value is -1.91. The van der Waals surface area contributed by atoms with Crippen molar-refractivity contribution in [2.24, 2.45) is 0 Å². The van der Waals surface area contributed by atoms with Crippen molar-refractivity contribution in [2.45, 2.75) is 38.1 Å². The number of amides is 1. The Morgan fingerprint density at radius 2 is 2.32 bits per heavy atom. The number of hydrogen-bond donors (Lipinski definition) is 1. The summed E-state index contributed by atoms with van der Waals surface area (Å²) in [6.45, 7) is 2.44. The number of nitrogens with zero attached hydrogens (tertiary/aromatic N) is 2. The average molecular weight is 262 g/mol. The number of likely N-dealkylation sites (tertiary alicyclic amines) is 1. The van der Waals surface area contributed by atoms with Crippen LogP contribution >= 0.6 is 0 Å². The molecule has 0 saturated carbocycles. The molecule has 102 valence electrons. The summed E-state index contributed by atoms with van der Waals surface area (Å²) >= 11 is 0. The van der Waals surface area contributed by atoms with Crippen molar-refractivity contribution in [2.75, 3.05) is 6.54 Å². The number of aliphatic carboxylic acids is 1. The molecule has 5 nitrogen and oxygen atoms in total. The van der Waals surface area contributed by atoms with E-state index in [0.717, 1.165) is 12.8 Å². The van der Waals surface area contributed by atoms with Gasteiger partial charge in [0.2, 0.25) is 0 Å². The molecule has 1 aliphatic heterocycles. The molecule has 2 rings (SSSR count). The van der Waals surface area contributed by atoms with Crippen LogP contribution in [0.2, 0.25) is 0 Å². The molecule has 1 atom stereocenters. The van der Waals surface area contributed by atoms with E-state index in [1.54, 1.807) is 18.3 Å². The first-order valence-corrected chi connectivity index (χ1v) is 6.57. The molecule has 1 aromatic heterocycles. The molecule has 1 fully saturated rings. The highest BCUT2D eigenvalue weighted by Crippen LogP contribution is 2.35. The van der Waals surface area contributed by atoms with Crippen molar-refractivity contribution in [1.29, 1.82) is 0 Å². The summed E-state index contributed by atoms with van der Waals surface area (Å²) in [6, 6.07) is 3.36. The Morgan fingerprint density at radius 1 is 1.53 bits per heavy atom. The van der Waals surface area contributed by atoms with Crippen LogP contribution in [0.15, 0.2) is 24.5 Å². The summed E-state index contributed by atoms with van der Waals surface area (Å²) in [5.74, 6) is -1.13. The third kappa shape index (κ3) is 2.32. The Morgan fingerprint density at radius 3 is 2.89 bits per heavy atom. The molecule has 1 saturated heterocycles. The van der Waals surface area contributed by atoms with E-state index in [9.17, 15) is 14.7 Å². The van der Waals surface area contributed by atoms with E-state index in [0.29, 0.717) is 24.9 Å². The van der Waals surface area contributed by atoms with Gasteiger partial charge in [0, 0.05) is 18.9 Å². The number of carboxylic acids is 1. The van der Waals surface area contributed by atoms with Crippen molar-refractivity contribution in [3.63, 3.8) is 0 Å². The van der Waals surface area contributed by atoms with Crippen LogP contribution in [0.25, 0.3) is 0 Å². The van der Waals surface area contributed by atoms with Crippen LogP contribution in [0.3, 0.4) is 0 Å². The molecule has 0 spiro atoms. The van der Waals surface area contributed by atoms with E-state index < -0.39 is 11.5 Å². The standard InChI is InChI=1S/C14H18N2O3/c1-2-6-14(13(18)19)7-4-9-16(14)12(17)11-5-3-8-15-10-11/h3,5,8,10H,2,4,6-7,9H2,1H3,(H,18,19). The minimum Gasteiger partial charge on any atom is -0.479 e. The van der Waals surface area contributed by atoms with Gasteiger partial charge < -0.3 is 10.0 Å². The third-order valence-corrected chi connectivity index (χ3v) is 3.70. The molecule has 5 heteroatoms. The number of carbonyl (C=O) groups is 2. The summed E-state index contributed by atoms with van der Waals surface area (Å²) < 4.78 is 0. The zero-order valence-electron chi connectivity index (χ0n) is 11.0. The molecule has 0 radical (unpaired) electrons. The fourth-order valence-electron chi connectivity index (χ4n) is 2.82. The SMILES string of the molecule is CCCC1(C(=O)O)CCCN1C(=O)c1cccnc1. The molecule has 19 heavy (non-hydrogen) atoms. The van der Waals surface area contributed by atoms with Gasteiger partial charge in [-0.15, -0.1) is 0 Å². The molecule has 2 heterocycles. The quantitative estimate of drug-likeness (QED) is 0.900. The lowest BCUT2D eigenvalue weighted by atomic mass is 9.90. The van der Waals surface area contributed by atoms with Gasteiger partial charge in [0.1, 0.15) is 5.54 Å². The van der Waals surface area contributed by atoms with Crippen molar-refractivity contribution >= 4 is 11.9 Å². The molecule has 1 aliphatic rings. The highest BCUT2D eigenvalue weighted by Gasteiger charge is 2.49. The summed E-state index contributed by atoms with van der Waals surface area (Å²) in [4.78, 5) is 29.5. The molecule has 1 aromatic rings. The normalized spacial score (nSPS) is 22.5. The van der Waals surface area contributed by atoms with Gasteiger partial charge in [-0.2, -0.15) is 0 Å². The lowest BCUT2D eigenvalue weighted by Crippen LogP contribution is -2.53. The molecule has 0 aliphatic carbocycles. The first-order valence-electron chi connectivity index (χ1n) is 6.57. The third-order valence-electron chi connectivity index (χ3n) is 3.70. The second-order valence-corrected chi connectivity index (χ2v) is 4.89. The second-order valence-electron chi connectivity index (χ2n) is 4.89. The van der Waals surface area contributed by atoms with Gasteiger partial charge in [0.15, 0.2) is 0 Å². The Kier molecular flexibility index (Phi) is 3.83. The van der Waals surface area contributed by atoms with Gasteiger partial charge in [0.25, 0.3) is 5.91 Å². The van der Waals surface area contributed by atoms with Crippen molar-refractivity contribution in [1.82, 2.24) is 9.88 Å². The van der Waals surface area contributed by atoms with Gasteiger partial charge in [-0.05, 0) is 31.4 Å². The van der Waals surface area contributed by atoms with Crippen LogP contribution in [-0.2, 0) is 4.79 Å². The van der Waals surface area contributed by atoms with E-state index in [4.69, 9.17) is 0 Å². The van der Waals surface area contributed by atoms with Crippen LogP contribution in [0, 0.1) is 0 Å². The van der Waals surface area contributed by atoms with Crippen LogP contribution in [0.1, 0.15) is 43.0 Å². The van der Waals surface area contributed by atoms with Crippen molar-refractivity contribution in [3.8, 4) is 0 Å². The zero-order chi connectivity index (χ0) is 13.9. The molecular formula is C14H18N2O3. The smallest absolute Gasteiger partial charge is 0.329 e. The molecular weight excluding hydrogens is 244 g/mol. The summed E-state index contributed by atoms with van der Waals surface area (Å²) in [6.07, 6.45) is 5.58. The van der Waals surface area contributed by atoms with E-state index in [1.165, 1.54) is 11.1 Å². The maximum Gasteiger partial charge on any atom is 0.329 e. The lowest BCUT2D eigenvalue weighted by Gasteiger charge is -2.34. The van der Waals surface area contributed by atoms with Gasteiger partial charge in [-0.1, -0.05) is 13.3 Å². The van der Waals surface area contributed by atoms with E-state index in [-0.39, 0.29) is 5.91 Å². The van der Waals surface area contributed by atoms with Gasteiger partial charge in [-0.25, -0.2) is 4.79 Å². The van der Waals surface area contributed by atoms with E-state index in [2.05, 4.69) is 4.98 Å². The van der Waals surface area contributed by atoms with Crippen molar-refractivity contribution in [3.05, 3.63) is 30.1 Å². The maximum absolute atomic E-state index is 12.5. The van der Waals surface area contributed by atoms with Crippen LogP contribution in [-0.4, -0.2) is 39.0 Å². The molecule has 0 aromatic carbocycles. The Bertz CT molecular complexity index is 475. The number of aromatic nitrogens is 1. The molecule has 1 N–H and O–H groups in total. The number of pyridine rings is 1. The second kappa shape index (κ2) is 5.38. The predicted molar refractivity (Wildman–Crippen MR) is 69.8 cm³/mol. The number of hydrogen-bond acceptors (Lipinski definition) is 3. The molecule has 0 bridgehead atoms. The Labute approximate surface area is 112 Å². The number of carbonyl (C=O) groups excluding carboxylic acids is 1. The van der Waals surface area contributed by atoms with Crippen LogP contribution in [0.4, 0.5) is 0 Å². The summed E-state index contributed by atoms with van der Waals surface area (Å²) in [5, 5.41) is 9.55. The first kappa shape index (κ1) is 13.5. The fourth-order valence-corrected chi connectivity index (χ4v) is 2.82. The topological polar surface area (TPSA) is 70.5 Å². The van der Waals surface area contributed by atoms with E-state index in [1.807, 2.05) is 6.92 Å². The summed E-state index contributed by atoms with van der Waals surface area (Å²) in [7, 11) is 0. The highest BCUT2D eigenvalue weighted by atomic mass is 16.4. The maximum atomic E-state index is 12.5. The van der Waals surface area contributed by atoms with Gasteiger partial charge in [-0.3, -0.25) is 9.78 Å². The summed E-state index contributed by atoms with van der Waals surface area (Å²) in [5.41, 5.74) is -0.590. The predicted octanol–water partition coefficient (Wildman–Crippen LogP) is 1.94. The zero-order valence-corrected chi connectivity index (χ0v) is 11.0. The molecule has 1 unspecified atom stereocenters. The van der Waals surface area contributed by atoms with Gasteiger partial charge in [0.05, 0.1) is 5.56 Å². The van der Waals surface area contributed by atoms with Crippen LogP contribution < -0.4 is 0 Å². The molecule has 1 amide bonds. The highest BCUT2D eigenvalue weighted by molar-refractivity contribution is 5.98. The number of carboxylic acid groups (broad SMARTS) is 1. The van der Waals surface area contributed by atoms with Gasteiger partial charge >= 0.3 is 5.97 Å². The first-order chi connectivity index (χ1) is 9.12. The monoisotopic (exact) mass is 262 g/mol. The van der Waals surface area contributed by atoms with Crippen molar-refractivity contribution < 1.29 is 14.7 Å². The van der Waals surface area contributed by atoms with Crippen LogP contribution in [0.5, 0.6) is 0 Å². The largest absolute Gasteiger partial charge is 0.479 e. The minimum absolute atomic E-state index is 0.235. The fraction of sp³-hybridized carbons (Fsp3) is 0.500. The van der Waals surface area contributed by atoms with E-state index >= 15 is 0 Å². The Balaban J connectivity index is 2.32.